The van der Waals surface area contributed by atoms with Crippen LogP contribution < -0.4 is 0 Å². The molecule has 1 N–H and O–H groups in total. The molecule has 1 unspecified atom stereocenters. The monoisotopic (exact) mass is 330 g/mol. The van der Waals surface area contributed by atoms with Gasteiger partial charge in [-0.25, -0.2) is 13.2 Å². The third-order valence-corrected chi connectivity index (χ3v) is 3.26. The number of rotatable bonds is 3. The van der Waals surface area contributed by atoms with Crippen LogP contribution in [0.1, 0.15) is 17.2 Å². The summed E-state index contributed by atoms with van der Waals surface area (Å²) in [7, 11) is 0. The maximum absolute atomic E-state index is 13.6. The van der Waals surface area contributed by atoms with Crippen molar-refractivity contribution in [1.29, 1.82) is 0 Å². The molecule has 0 radical (unpaired) electrons. The van der Waals surface area contributed by atoms with Gasteiger partial charge in [0.1, 0.15) is 5.82 Å². The van der Waals surface area contributed by atoms with Gasteiger partial charge in [0.15, 0.2) is 11.6 Å². The Labute approximate surface area is 116 Å². The molecule has 0 spiro atoms. The molecule has 0 bridgehead atoms. The third-order valence-electron chi connectivity index (χ3n) is 2.76. The van der Waals surface area contributed by atoms with Crippen LogP contribution in [0.25, 0.3) is 0 Å². The Morgan fingerprint density at radius 3 is 2.53 bits per heavy atom. The van der Waals surface area contributed by atoms with Gasteiger partial charge in [0.25, 0.3) is 0 Å². The fourth-order valence-corrected chi connectivity index (χ4v) is 2.17. The van der Waals surface area contributed by atoms with E-state index in [2.05, 4.69) is 15.9 Å². The quantitative estimate of drug-likeness (QED) is 0.896. The van der Waals surface area contributed by atoms with E-state index in [9.17, 15) is 18.3 Å². The minimum Gasteiger partial charge on any atom is -0.388 e. The van der Waals surface area contributed by atoms with Gasteiger partial charge in [-0.2, -0.15) is 0 Å². The molecule has 100 valence electrons. The summed E-state index contributed by atoms with van der Waals surface area (Å²) in [4.78, 5) is 0. The van der Waals surface area contributed by atoms with Gasteiger partial charge in [0, 0.05) is 16.5 Å². The Morgan fingerprint density at radius 2 is 1.79 bits per heavy atom. The van der Waals surface area contributed by atoms with Gasteiger partial charge < -0.3 is 5.11 Å². The van der Waals surface area contributed by atoms with Crippen LogP contribution in [0.5, 0.6) is 0 Å². The first-order valence-electron chi connectivity index (χ1n) is 5.55. The summed E-state index contributed by atoms with van der Waals surface area (Å²) in [5, 5.41) is 9.94. The summed E-state index contributed by atoms with van der Waals surface area (Å²) in [6.07, 6.45) is -1.44. The average molecular weight is 331 g/mol. The number of aliphatic hydroxyl groups excluding tert-OH is 1. The average Bonchev–Trinajstić information content (AvgIpc) is 2.38. The molecule has 2 aromatic carbocycles. The molecule has 1 nitrogen and oxygen atoms in total. The molecule has 0 saturated carbocycles. The van der Waals surface area contributed by atoms with Crippen molar-refractivity contribution in [2.24, 2.45) is 0 Å². The van der Waals surface area contributed by atoms with Crippen LogP contribution in [0, 0.1) is 17.5 Å². The van der Waals surface area contributed by atoms with Gasteiger partial charge in [-0.05, 0) is 29.8 Å². The maximum atomic E-state index is 13.6. The number of halogens is 4. The van der Waals surface area contributed by atoms with Crippen LogP contribution in [0.2, 0.25) is 0 Å². The van der Waals surface area contributed by atoms with Gasteiger partial charge in [-0.1, -0.05) is 28.1 Å². The Morgan fingerprint density at radius 1 is 1.05 bits per heavy atom. The lowest BCUT2D eigenvalue weighted by Crippen LogP contribution is -2.06. The van der Waals surface area contributed by atoms with Crippen molar-refractivity contribution < 1.29 is 18.3 Å². The second-order valence-electron chi connectivity index (χ2n) is 4.10. The SMILES string of the molecule is OC(Cc1cccc(F)c1F)c1cc(Br)ccc1F. The molecule has 0 fully saturated rings. The van der Waals surface area contributed by atoms with Crippen molar-refractivity contribution in [2.75, 3.05) is 0 Å². The molecule has 0 heterocycles. The molecular formula is C14H10BrF3O. The molecule has 0 saturated heterocycles. The van der Waals surface area contributed by atoms with Gasteiger partial charge in [-0.3, -0.25) is 0 Å². The molecule has 0 amide bonds. The van der Waals surface area contributed by atoms with Crippen LogP contribution in [0.3, 0.4) is 0 Å². The zero-order valence-electron chi connectivity index (χ0n) is 9.71. The van der Waals surface area contributed by atoms with Crippen molar-refractivity contribution in [1.82, 2.24) is 0 Å². The number of benzene rings is 2. The van der Waals surface area contributed by atoms with Gasteiger partial charge in [0.2, 0.25) is 0 Å². The zero-order valence-corrected chi connectivity index (χ0v) is 11.3. The summed E-state index contributed by atoms with van der Waals surface area (Å²) < 4.78 is 40.7. The van der Waals surface area contributed by atoms with Crippen LogP contribution in [0.4, 0.5) is 13.2 Å². The van der Waals surface area contributed by atoms with E-state index in [4.69, 9.17) is 0 Å². The molecular weight excluding hydrogens is 321 g/mol. The minimum atomic E-state index is -1.24. The van der Waals surface area contributed by atoms with E-state index in [0.717, 1.165) is 6.07 Å². The highest BCUT2D eigenvalue weighted by Crippen LogP contribution is 2.25. The van der Waals surface area contributed by atoms with Crippen LogP contribution in [0.15, 0.2) is 40.9 Å². The summed E-state index contributed by atoms with van der Waals surface area (Å²) in [5.41, 5.74) is 0.0462. The first kappa shape index (κ1) is 14.1. The predicted octanol–water partition coefficient (Wildman–Crippen LogP) is 4.14. The summed E-state index contributed by atoms with van der Waals surface area (Å²) >= 11 is 3.16. The van der Waals surface area contributed by atoms with E-state index in [1.54, 1.807) is 0 Å². The van der Waals surface area contributed by atoms with Crippen molar-refractivity contribution in [3.05, 3.63) is 69.4 Å². The summed E-state index contributed by atoms with van der Waals surface area (Å²) in [6, 6.07) is 7.80. The Balaban J connectivity index is 2.28. The van der Waals surface area contributed by atoms with Crippen molar-refractivity contribution >= 4 is 15.9 Å². The van der Waals surface area contributed by atoms with Gasteiger partial charge in [-0.15, -0.1) is 0 Å². The van der Waals surface area contributed by atoms with E-state index in [-0.39, 0.29) is 17.5 Å². The summed E-state index contributed by atoms with van der Waals surface area (Å²) in [6.45, 7) is 0. The molecule has 0 aromatic heterocycles. The zero-order chi connectivity index (χ0) is 14.0. The Bertz CT molecular complexity index is 601. The number of aliphatic hydroxyl groups is 1. The Hall–Kier alpha value is -1.33. The smallest absolute Gasteiger partial charge is 0.162 e. The molecule has 1 atom stereocenters. The highest BCUT2D eigenvalue weighted by Gasteiger charge is 2.17. The van der Waals surface area contributed by atoms with E-state index in [0.29, 0.717) is 4.47 Å². The normalized spacial score (nSPS) is 12.5. The third kappa shape index (κ3) is 3.16. The molecule has 2 rings (SSSR count). The van der Waals surface area contributed by atoms with Crippen LogP contribution in [-0.4, -0.2) is 5.11 Å². The minimum absolute atomic E-state index is 0.00637. The van der Waals surface area contributed by atoms with Crippen molar-refractivity contribution in [2.45, 2.75) is 12.5 Å². The standard InChI is InChI=1S/C14H10BrF3O/c15-9-4-5-11(16)10(7-9)13(19)6-8-2-1-3-12(17)14(8)18/h1-5,7,13,19H,6H2. The van der Waals surface area contributed by atoms with Crippen LogP contribution in [-0.2, 0) is 6.42 Å². The Kier molecular flexibility index (Phi) is 4.27. The number of hydrogen-bond donors (Lipinski definition) is 1. The highest BCUT2D eigenvalue weighted by molar-refractivity contribution is 9.10. The second kappa shape index (κ2) is 5.75. The number of hydrogen-bond acceptors (Lipinski definition) is 1. The van der Waals surface area contributed by atoms with Gasteiger partial charge >= 0.3 is 0 Å². The van der Waals surface area contributed by atoms with E-state index in [1.165, 1.54) is 30.3 Å². The topological polar surface area (TPSA) is 20.2 Å². The predicted molar refractivity (Wildman–Crippen MR) is 69.1 cm³/mol. The largest absolute Gasteiger partial charge is 0.388 e. The van der Waals surface area contributed by atoms with Gasteiger partial charge in [0.05, 0.1) is 6.10 Å². The molecule has 2 aromatic rings. The van der Waals surface area contributed by atoms with E-state index < -0.39 is 23.6 Å². The molecule has 0 aliphatic rings. The summed E-state index contributed by atoms with van der Waals surface area (Å²) in [5.74, 6) is -2.59. The van der Waals surface area contributed by atoms with E-state index in [1.807, 2.05) is 0 Å². The molecule has 19 heavy (non-hydrogen) atoms. The highest BCUT2D eigenvalue weighted by atomic mass is 79.9. The van der Waals surface area contributed by atoms with Crippen molar-refractivity contribution in [3.8, 4) is 0 Å². The lowest BCUT2D eigenvalue weighted by atomic mass is 10.0. The van der Waals surface area contributed by atoms with Crippen molar-refractivity contribution in [3.63, 3.8) is 0 Å². The molecule has 0 aliphatic heterocycles. The lowest BCUT2D eigenvalue weighted by molar-refractivity contribution is 0.172. The second-order valence-corrected chi connectivity index (χ2v) is 5.01. The molecule has 5 heteroatoms. The first-order valence-corrected chi connectivity index (χ1v) is 6.34. The first-order chi connectivity index (χ1) is 8.99. The van der Waals surface area contributed by atoms with E-state index >= 15 is 0 Å². The maximum Gasteiger partial charge on any atom is 0.162 e. The lowest BCUT2D eigenvalue weighted by Gasteiger charge is -2.13. The fourth-order valence-electron chi connectivity index (χ4n) is 1.79. The van der Waals surface area contributed by atoms with Crippen LogP contribution >= 0.6 is 15.9 Å². The molecule has 0 aliphatic carbocycles. The fraction of sp³-hybridized carbons (Fsp3) is 0.143.